The molecule has 1 aliphatic rings. The monoisotopic (exact) mass is 205 g/mol. The third kappa shape index (κ3) is 2.48. The summed E-state index contributed by atoms with van der Waals surface area (Å²) in [6.07, 6.45) is 1.93. The fraction of sp³-hybridized carbons (Fsp3) is 0.583. The summed E-state index contributed by atoms with van der Waals surface area (Å²) in [4.78, 5) is 6.81. The molecule has 82 valence electrons. The van der Waals surface area contributed by atoms with Gasteiger partial charge < -0.3 is 10.2 Å². The van der Waals surface area contributed by atoms with Crippen LogP contribution in [0.5, 0.6) is 0 Å². The van der Waals surface area contributed by atoms with E-state index in [-0.39, 0.29) is 5.54 Å². The average Bonchev–Trinajstić information content (AvgIpc) is 2.17. The molecule has 1 fully saturated rings. The third-order valence-corrected chi connectivity index (χ3v) is 2.79. The molecule has 3 nitrogen and oxygen atoms in total. The molecular weight excluding hydrogens is 186 g/mol. The second kappa shape index (κ2) is 3.81. The van der Waals surface area contributed by atoms with Crippen molar-refractivity contribution < 1.29 is 0 Å². The van der Waals surface area contributed by atoms with Crippen molar-refractivity contribution in [1.82, 2.24) is 10.3 Å². The first-order valence-electron chi connectivity index (χ1n) is 5.49. The first kappa shape index (κ1) is 10.4. The summed E-state index contributed by atoms with van der Waals surface area (Å²) < 4.78 is 0. The molecule has 2 heterocycles. The lowest BCUT2D eigenvalue weighted by Crippen LogP contribution is -2.57. The van der Waals surface area contributed by atoms with Gasteiger partial charge >= 0.3 is 0 Å². The maximum absolute atomic E-state index is 4.47. The van der Waals surface area contributed by atoms with Gasteiger partial charge in [0, 0.05) is 31.4 Å². The lowest BCUT2D eigenvalue weighted by atomic mass is 10.0. The van der Waals surface area contributed by atoms with Crippen molar-refractivity contribution in [2.75, 3.05) is 24.5 Å². The normalized spacial score (nSPS) is 20.3. The molecule has 0 amide bonds. The van der Waals surface area contributed by atoms with Crippen LogP contribution in [0.3, 0.4) is 0 Å². The Morgan fingerprint density at radius 2 is 2.20 bits per heavy atom. The Labute approximate surface area is 91.5 Å². The SMILES string of the molecule is Cc1ccc(N2CCNC(C)(C)C2)nc1. The quantitative estimate of drug-likeness (QED) is 0.754. The van der Waals surface area contributed by atoms with Crippen LogP contribution >= 0.6 is 0 Å². The molecule has 0 aromatic carbocycles. The van der Waals surface area contributed by atoms with Crippen LogP contribution in [0.15, 0.2) is 18.3 Å². The molecule has 0 atom stereocenters. The van der Waals surface area contributed by atoms with Gasteiger partial charge in [-0.2, -0.15) is 0 Å². The van der Waals surface area contributed by atoms with Gasteiger partial charge in [0.2, 0.25) is 0 Å². The maximum atomic E-state index is 4.47. The second-order valence-corrected chi connectivity index (χ2v) is 4.93. The summed E-state index contributed by atoms with van der Waals surface area (Å²) in [5.41, 5.74) is 1.40. The highest BCUT2D eigenvalue weighted by Crippen LogP contribution is 2.17. The zero-order valence-electron chi connectivity index (χ0n) is 9.75. The molecular formula is C12H19N3. The molecule has 3 heteroatoms. The summed E-state index contributed by atoms with van der Waals surface area (Å²) in [5, 5.41) is 3.50. The summed E-state index contributed by atoms with van der Waals surface area (Å²) in [7, 11) is 0. The van der Waals surface area contributed by atoms with Crippen LogP contribution in [-0.4, -0.2) is 30.2 Å². The Morgan fingerprint density at radius 3 is 2.80 bits per heavy atom. The van der Waals surface area contributed by atoms with E-state index in [0.717, 1.165) is 25.5 Å². The van der Waals surface area contributed by atoms with Crippen LogP contribution in [-0.2, 0) is 0 Å². The first-order chi connectivity index (χ1) is 7.07. The van der Waals surface area contributed by atoms with Gasteiger partial charge in [-0.15, -0.1) is 0 Å². The Morgan fingerprint density at radius 1 is 1.40 bits per heavy atom. The van der Waals surface area contributed by atoms with Crippen molar-refractivity contribution in [1.29, 1.82) is 0 Å². The average molecular weight is 205 g/mol. The van der Waals surface area contributed by atoms with E-state index in [0.29, 0.717) is 0 Å². The fourth-order valence-electron chi connectivity index (χ4n) is 1.98. The fourth-order valence-corrected chi connectivity index (χ4v) is 1.98. The highest BCUT2D eigenvalue weighted by molar-refractivity contribution is 5.40. The summed E-state index contributed by atoms with van der Waals surface area (Å²) in [6, 6.07) is 4.23. The third-order valence-electron chi connectivity index (χ3n) is 2.79. The molecule has 1 N–H and O–H groups in total. The van der Waals surface area contributed by atoms with E-state index in [9.17, 15) is 0 Å². The number of nitrogens with zero attached hydrogens (tertiary/aromatic N) is 2. The number of pyridine rings is 1. The Bertz CT molecular complexity index is 329. The van der Waals surface area contributed by atoms with Crippen LogP contribution in [0, 0.1) is 6.92 Å². The van der Waals surface area contributed by atoms with Crippen LogP contribution in [0.4, 0.5) is 5.82 Å². The number of nitrogens with one attached hydrogen (secondary N) is 1. The van der Waals surface area contributed by atoms with Crippen molar-refractivity contribution >= 4 is 5.82 Å². The lowest BCUT2D eigenvalue weighted by molar-refractivity contribution is 0.352. The number of anilines is 1. The van der Waals surface area contributed by atoms with Crippen molar-refractivity contribution in [3.63, 3.8) is 0 Å². The van der Waals surface area contributed by atoms with Gasteiger partial charge in [0.1, 0.15) is 5.82 Å². The Hall–Kier alpha value is -1.09. The number of aromatic nitrogens is 1. The maximum Gasteiger partial charge on any atom is 0.128 e. The molecule has 1 aromatic rings. The van der Waals surface area contributed by atoms with Gasteiger partial charge in [-0.1, -0.05) is 6.07 Å². The summed E-state index contributed by atoms with van der Waals surface area (Å²) in [5.74, 6) is 1.09. The zero-order valence-corrected chi connectivity index (χ0v) is 9.75. The number of aryl methyl sites for hydroxylation is 1. The van der Waals surface area contributed by atoms with E-state index < -0.39 is 0 Å². The van der Waals surface area contributed by atoms with Gasteiger partial charge in [-0.05, 0) is 32.4 Å². The van der Waals surface area contributed by atoms with E-state index in [2.05, 4.69) is 48.1 Å². The standard InChI is InChI=1S/C12H19N3/c1-10-4-5-11(13-8-10)15-7-6-14-12(2,3)9-15/h4-5,8,14H,6-7,9H2,1-3H3. The predicted molar refractivity (Wildman–Crippen MR) is 63.3 cm³/mol. The minimum absolute atomic E-state index is 0.185. The zero-order chi connectivity index (χ0) is 10.9. The summed E-state index contributed by atoms with van der Waals surface area (Å²) >= 11 is 0. The highest BCUT2D eigenvalue weighted by Gasteiger charge is 2.26. The molecule has 0 saturated carbocycles. The minimum Gasteiger partial charge on any atom is -0.354 e. The molecule has 1 saturated heterocycles. The summed E-state index contributed by atoms with van der Waals surface area (Å²) in [6.45, 7) is 9.62. The van der Waals surface area contributed by atoms with E-state index in [1.807, 2.05) is 6.20 Å². The van der Waals surface area contributed by atoms with Gasteiger partial charge in [-0.25, -0.2) is 4.98 Å². The molecule has 0 spiro atoms. The van der Waals surface area contributed by atoms with Crippen molar-refractivity contribution in [3.8, 4) is 0 Å². The van der Waals surface area contributed by atoms with Crippen LogP contribution in [0.25, 0.3) is 0 Å². The Kier molecular flexibility index (Phi) is 2.65. The first-order valence-corrected chi connectivity index (χ1v) is 5.49. The number of hydrogen-bond acceptors (Lipinski definition) is 3. The van der Waals surface area contributed by atoms with E-state index in [1.54, 1.807) is 0 Å². The van der Waals surface area contributed by atoms with Gasteiger partial charge in [0.25, 0.3) is 0 Å². The second-order valence-electron chi connectivity index (χ2n) is 4.93. The largest absolute Gasteiger partial charge is 0.354 e. The van der Waals surface area contributed by atoms with Gasteiger partial charge in [0.05, 0.1) is 0 Å². The highest BCUT2D eigenvalue weighted by atomic mass is 15.3. The minimum atomic E-state index is 0.185. The van der Waals surface area contributed by atoms with Crippen molar-refractivity contribution in [3.05, 3.63) is 23.9 Å². The molecule has 1 aromatic heterocycles. The molecule has 2 rings (SSSR count). The van der Waals surface area contributed by atoms with Crippen LogP contribution < -0.4 is 10.2 Å². The predicted octanol–water partition coefficient (Wildman–Crippen LogP) is 1.58. The van der Waals surface area contributed by atoms with Gasteiger partial charge in [0.15, 0.2) is 0 Å². The van der Waals surface area contributed by atoms with E-state index in [1.165, 1.54) is 5.56 Å². The number of hydrogen-bond donors (Lipinski definition) is 1. The molecule has 0 aliphatic carbocycles. The molecule has 1 aliphatic heterocycles. The molecule has 0 bridgehead atoms. The Balaban J connectivity index is 2.13. The van der Waals surface area contributed by atoms with Crippen molar-refractivity contribution in [2.24, 2.45) is 0 Å². The molecule has 15 heavy (non-hydrogen) atoms. The smallest absolute Gasteiger partial charge is 0.128 e. The van der Waals surface area contributed by atoms with Crippen molar-refractivity contribution in [2.45, 2.75) is 26.3 Å². The van der Waals surface area contributed by atoms with Crippen LogP contribution in [0.2, 0.25) is 0 Å². The molecule has 0 radical (unpaired) electrons. The van der Waals surface area contributed by atoms with Crippen LogP contribution in [0.1, 0.15) is 19.4 Å². The molecule has 0 unspecified atom stereocenters. The topological polar surface area (TPSA) is 28.2 Å². The van der Waals surface area contributed by atoms with E-state index in [4.69, 9.17) is 0 Å². The lowest BCUT2D eigenvalue weighted by Gasteiger charge is -2.39. The number of rotatable bonds is 1. The number of piperazine rings is 1. The van der Waals surface area contributed by atoms with E-state index >= 15 is 0 Å². The van der Waals surface area contributed by atoms with Gasteiger partial charge in [-0.3, -0.25) is 0 Å².